The summed E-state index contributed by atoms with van der Waals surface area (Å²) in [6, 6.07) is 6.08. The van der Waals surface area contributed by atoms with Crippen LogP contribution in [0, 0.1) is 11.7 Å². The summed E-state index contributed by atoms with van der Waals surface area (Å²) in [5.74, 6) is -0.258. The second kappa shape index (κ2) is 7.19. The lowest BCUT2D eigenvalue weighted by Crippen LogP contribution is -2.58. The molecule has 1 aromatic rings. The Morgan fingerprint density at radius 1 is 1.29 bits per heavy atom. The first-order valence-corrected chi connectivity index (χ1v) is 8.56. The van der Waals surface area contributed by atoms with E-state index in [1.165, 1.54) is 12.1 Å². The molecule has 1 fully saturated rings. The van der Waals surface area contributed by atoms with Crippen LogP contribution in [-0.4, -0.2) is 28.6 Å². The van der Waals surface area contributed by atoms with Crippen LogP contribution < -0.4 is 10.6 Å². The molecule has 2 rings (SSSR count). The van der Waals surface area contributed by atoms with Crippen LogP contribution >= 0.6 is 0 Å². The lowest BCUT2D eigenvalue weighted by molar-refractivity contribution is -0.123. The van der Waals surface area contributed by atoms with Gasteiger partial charge in [0.25, 0.3) is 0 Å². The maximum absolute atomic E-state index is 13.6. The molecular formula is C19H29FN2O2. The van der Waals surface area contributed by atoms with E-state index in [-0.39, 0.29) is 29.1 Å². The lowest BCUT2D eigenvalue weighted by Gasteiger charge is -2.46. The minimum Gasteiger partial charge on any atom is -0.386 e. The van der Waals surface area contributed by atoms with E-state index in [0.717, 1.165) is 12.8 Å². The Hall–Kier alpha value is -1.46. The maximum atomic E-state index is 13.6. The molecular weight excluding hydrogens is 307 g/mol. The highest BCUT2D eigenvalue weighted by Gasteiger charge is 2.38. The van der Waals surface area contributed by atoms with Crippen LogP contribution in [0.25, 0.3) is 0 Å². The zero-order chi connectivity index (χ0) is 18.0. The Bertz CT molecular complexity index is 570. The fraction of sp³-hybridized carbons (Fsp3) is 0.632. The molecule has 1 aliphatic heterocycles. The van der Waals surface area contributed by atoms with Crippen LogP contribution in [0.4, 0.5) is 4.39 Å². The number of piperidine rings is 1. The van der Waals surface area contributed by atoms with Crippen LogP contribution in [0.15, 0.2) is 24.3 Å². The summed E-state index contributed by atoms with van der Waals surface area (Å²) in [6.07, 6.45) is 1.26. The first-order valence-electron chi connectivity index (χ1n) is 8.56. The van der Waals surface area contributed by atoms with E-state index >= 15 is 0 Å². The summed E-state index contributed by atoms with van der Waals surface area (Å²) in [5.41, 5.74) is 0.209. The van der Waals surface area contributed by atoms with Crippen LogP contribution in [-0.2, 0) is 4.79 Å². The van der Waals surface area contributed by atoms with E-state index < -0.39 is 11.9 Å². The minimum atomic E-state index is -1.03. The SMILES string of the molecule is CC1(C)CC(CC(=O)NCC(O)c2ccccc2F)CC(C)(C)N1. The summed E-state index contributed by atoms with van der Waals surface area (Å²) in [7, 11) is 0. The van der Waals surface area contributed by atoms with Crippen molar-refractivity contribution in [1.82, 2.24) is 10.6 Å². The number of nitrogens with one attached hydrogen (secondary N) is 2. The summed E-state index contributed by atoms with van der Waals surface area (Å²) in [5, 5.41) is 16.4. The average molecular weight is 336 g/mol. The molecule has 0 radical (unpaired) electrons. The maximum Gasteiger partial charge on any atom is 0.220 e. The quantitative estimate of drug-likeness (QED) is 0.775. The first-order chi connectivity index (χ1) is 11.1. The molecule has 0 aliphatic carbocycles. The van der Waals surface area contributed by atoms with Gasteiger partial charge in [0.05, 0.1) is 6.10 Å². The molecule has 1 heterocycles. The van der Waals surface area contributed by atoms with Gasteiger partial charge in [0.2, 0.25) is 5.91 Å². The number of rotatable bonds is 5. The highest BCUT2D eigenvalue weighted by atomic mass is 19.1. The molecule has 24 heavy (non-hydrogen) atoms. The molecule has 0 aromatic heterocycles. The Morgan fingerprint density at radius 2 is 1.88 bits per heavy atom. The normalized spacial score (nSPS) is 21.2. The summed E-state index contributed by atoms with van der Waals surface area (Å²) in [4.78, 5) is 12.2. The molecule has 1 aliphatic rings. The smallest absolute Gasteiger partial charge is 0.220 e. The van der Waals surface area contributed by atoms with E-state index in [9.17, 15) is 14.3 Å². The van der Waals surface area contributed by atoms with Crippen molar-refractivity contribution in [3.05, 3.63) is 35.6 Å². The van der Waals surface area contributed by atoms with E-state index in [4.69, 9.17) is 0 Å². The molecule has 1 unspecified atom stereocenters. The van der Waals surface area contributed by atoms with Crippen LogP contribution in [0.3, 0.4) is 0 Å². The van der Waals surface area contributed by atoms with Crippen molar-refractivity contribution < 1.29 is 14.3 Å². The molecule has 5 heteroatoms. The molecule has 0 spiro atoms. The van der Waals surface area contributed by atoms with Gasteiger partial charge < -0.3 is 15.7 Å². The molecule has 3 N–H and O–H groups in total. The van der Waals surface area contributed by atoms with Gasteiger partial charge >= 0.3 is 0 Å². The molecule has 0 saturated carbocycles. The van der Waals surface area contributed by atoms with Gasteiger partial charge in [0.1, 0.15) is 5.82 Å². The first kappa shape index (κ1) is 18.9. The topological polar surface area (TPSA) is 61.4 Å². The fourth-order valence-electron chi connectivity index (χ4n) is 4.08. The zero-order valence-electron chi connectivity index (χ0n) is 15.0. The van der Waals surface area contributed by atoms with Crippen molar-refractivity contribution in [3.8, 4) is 0 Å². The van der Waals surface area contributed by atoms with Crippen molar-refractivity contribution in [2.75, 3.05) is 6.54 Å². The largest absolute Gasteiger partial charge is 0.386 e. The second-order valence-corrected chi connectivity index (χ2v) is 8.21. The molecule has 4 nitrogen and oxygen atoms in total. The van der Waals surface area contributed by atoms with Gasteiger partial charge in [0.15, 0.2) is 0 Å². The van der Waals surface area contributed by atoms with Crippen molar-refractivity contribution >= 4 is 5.91 Å². The number of halogens is 1. The molecule has 0 bridgehead atoms. The number of carbonyl (C=O) groups excluding carboxylic acids is 1. The predicted molar refractivity (Wildman–Crippen MR) is 93.0 cm³/mol. The predicted octanol–water partition coefficient (Wildman–Crippen LogP) is 2.92. The highest BCUT2D eigenvalue weighted by molar-refractivity contribution is 5.76. The van der Waals surface area contributed by atoms with Crippen molar-refractivity contribution in [1.29, 1.82) is 0 Å². The van der Waals surface area contributed by atoms with E-state index in [1.807, 2.05) is 0 Å². The molecule has 1 saturated heterocycles. The standard InChI is InChI=1S/C19H29FN2O2/c1-18(2)10-13(11-19(3,4)22-18)9-17(24)21-12-16(23)14-7-5-6-8-15(14)20/h5-8,13,16,22-23H,9-12H2,1-4H3,(H,21,24). The second-order valence-electron chi connectivity index (χ2n) is 8.21. The summed E-state index contributed by atoms with van der Waals surface area (Å²) in [6.45, 7) is 8.64. The summed E-state index contributed by atoms with van der Waals surface area (Å²) < 4.78 is 13.6. The van der Waals surface area contributed by atoms with Gasteiger partial charge in [-0.1, -0.05) is 18.2 Å². The van der Waals surface area contributed by atoms with Gasteiger partial charge in [-0.15, -0.1) is 0 Å². The molecule has 134 valence electrons. The Morgan fingerprint density at radius 3 is 2.46 bits per heavy atom. The van der Waals surface area contributed by atoms with E-state index in [1.54, 1.807) is 12.1 Å². The van der Waals surface area contributed by atoms with E-state index in [0.29, 0.717) is 12.3 Å². The van der Waals surface area contributed by atoms with E-state index in [2.05, 4.69) is 38.3 Å². The van der Waals surface area contributed by atoms with Crippen molar-refractivity contribution in [2.24, 2.45) is 5.92 Å². The van der Waals surface area contributed by atoms with Crippen molar-refractivity contribution in [3.63, 3.8) is 0 Å². The third kappa shape index (κ3) is 5.28. The van der Waals surface area contributed by atoms with Crippen LogP contribution in [0.2, 0.25) is 0 Å². The number of hydrogen-bond acceptors (Lipinski definition) is 3. The van der Waals surface area contributed by atoms with Gasteiger partial charge in [-0.25, -0.2) is 4.39 Å². The Labute approximate surface area is 143 Å². The number of aliphatic hydroxyl groups is 1. The average Bonchev–Trinajstić information content (AvgIpc) is 2.41. The van der Waals surface area contributed by atoms with Gasteiger partial charge in [-0.05, 0) is 52.5 Å². The number of carbonyl (C=O) groups is 1. The Kier molecular flexibility index (Phi) is 5.66. The summed E-state index contributed by atoms with van der Waals surface area (Å²) >= 11 is 0. The number of aliphatic hydroxyl groups excluding tert-OH is 1. The third-order valence-electron chi connectivity index (χ3n) is 4.51. The minimum absolute atomic E-state index is 0.000617. The zero-order valence-corrected chi connectivity index (χ0v) is 15.0. The van der Waals surface area contributed by atoms with Crippen LogP contribution in [0.1, 0.15) is 58.6 Å². The fourth-order valence-corrected chi connectivity index (χ4v) is 4.08. The van der Waals surface area contributed by atoms with Crippen LogP contribution in [0.5, 0.6) is 0 Å². The van der Waals surface area contributed by atoms with Gasteiger partial charge in [-0.3, -0.25) is 4.79 Å². The third-order valence-corrected chi connectivity index (χ3v) is 4.51. The highest BCUT2D eigenvalue weighted by Crippen LogP contribution is 2.34. The molecule has 1 amide bonds. The lowest BCUT2D eigenvalue weighted by atomic mass is 9.74. The molecule has 1 aromatic carbocycles. The van der Waals surface area contributed by atoms with Crippen molar-refractivity contribution in [2.45, 2.75) is 64.1 Å². The molecule has 1 atom stereocenters. The number of hydrogen-bond donors (Lipinski definition) is 3. The van der Waals surface area contributed by atoms with Gasteiger partial charge in [-0.2, -0.15) is 0 Å². The number of benzene rings is 1. The van der Waals surface area contributed by atoms with Gasteiger partial charge in [0, 0.05) is 29.6 Å². The Balaban J connectivity index is 1.86. The monoisotopic (exact) mass is 336 g/mol. The number of amides is 1.